The Morgan fingerprint density at radius 3 is 2.44 bits per heavy atom. The summed E-state index contributed by atoms with van der Waals surface area (Å²) in [6.45, 7) is 2.01. The van der Waals surface area contributed by atoms with Gasteiger partial charge in [0.25, 0.3) is 0 Å². The number of hydrogen-bond acceptors (Lipinski definition) is 3. The molecular weight excluding hydrogens is 202 g/mol. The Bertz CT molecular complexity index is 451. The van der Waals surface area contributed by atoms with Gasteiger partial charge in [-0.25, -0.2) is 0 Å². The van der Waals surface area contributed by atoms with E-state index in [1.807, 2.05) is 34.9 Å². The Kier molecular flexibility index (Phi) is 3.31. The van der Waals surface area contributed by atoms with E-state index in [-0.39, 0.29) is 6.61 Å². The molecule has 0 radical (unpaired) electrons. The highest BCUT2D eigenvalue weighted by Gasteiger charge is 2.11. The molecule has 0 amide bonds. The fourth-order valence-corrected chi connectivity index (χ4v) is 1.72. The van der Waals surface area contributed by atoms with Gasteiger partial charge in [0.1, 0.15) is 12.4 Å². The number of nitrogens with zero attached hydrogens (tertiary/aromatic N) is 3. The van der Waals surface area contributed by atoms with Crippen LogP contribution in [0.15, 0.2) is 30.3 Å². The molecule has 84 valence electrons. The van der Waals surface area contributed by atoms with E-state index in [4.69, 9.17) is 0 Å². The molecule has 1 aromatic carbocycles. The molecule has 0 aliphatic rings. The molecule has 0 aliphatic heterocycles. The molecule has 0 fully saturated rings. The standard InChI is InChI=1S/C12H15N3O/c1-2-6-11-13-14-12(9-16)15(11)10-7-4-3-5-8-10/h3-5,7-8,16H,2,6,9H2,1H3. The number of rotatable bonds is 4. The second kappa shape index (κ2) is 4.90. The Morgan fingerprint density at radius 2 is 1.81 bits per heavy atom. The first kappa shape index (κ1) is 10.8. The van der Waals surface area contributed by atoms with Crippen molar-refractivity contribution in [3.8, 4) is 5.69 Å². The van der Waals surface area contributed by atoms with Gasteiger partial charge in [-0.1, -0.05) is 25.1 Å². The van der Waals surface area contributed by atoms with Crippen LogP contribution >= 0.6 is 0 Å². The Balaban J connectivity index is 2.48. The molecule has 0 saturated heterocycles. The fraction of sp³-hybridized carbons (Fsp3) is 0.333. The molecule has 0 unspecified atom stereocenters. The fourth-order valence-electron chi connectivity index (χ4n) is 1.72. The SMILES string of the molecule is CCCc1nnc(CO)n1-c1ccccc1. The van der Waals surface area contributed by atoms with Gasteiger partial charge in [0.05, 0.1) is 0 Å². The second-order valence-electron chi connectivity index (χ2n) is 3.61. The zero-order valence-electron chi connectivity index (χ0n) is 9.30. The van der Waals surface area contributed by atoms with E-state index in [9.17, 15) is 5.11 Å². The molecular formula is C12H15N3O. The van der Waals surface area contributed by atoms with Crippen molar-refractivity contribution in [1.82, 2.24) is 14.8 Å². The molecule has 0 spiro atoms. The highest BCUT2D eigenvalue weighted by Crippen LogP contribution is 2.14. The topological polar surface area (TPSA) is 50.9 Å². The van der Waals surface area contributed by atoms with Gasteiger partial charge in [0, 0.05) is 12.1 Å². The van der Waals surface area contributed by atoms with Crippen molar-refractivity contribution < 1.29 is 5.11 Å². The van der Waals surface area contributed by atoms with Gasteiger partial charge < -0.3 is 5.11 Å². The quantitative estimate of drug-likeness (QED) is 0.848. The van der Waals surface area contributed by atoms with E-state index in [1.165, 1.54) is 0 Å². The van der Waals surface area contributed by atoms with Gasteiger partial charge in [0.15, 0.2) is 5.82 Å². The smallest absolute Gasteiger partial charge is 0.163 e. The molecule has 0 atom stereocenters. The summed E-state index contributed by atoms with van der Waals surface area (Å²) in [4.78, 5) is 0. The van der Waals surface area contributed by atoms with Crippen LogP contribution < -0.4 is 0 Å². The predicted molar refractivity (Wildman–Crippen MR) is 61.3 cm³/mol. The average molecular weight is 217 g/mol. The minimum absolute atomic E-state index is 0.0917. The number of aryl methyl sites for hydroxylation is 1. The van der Waals surface area contributed by atoms with E-state index in [2.05, 4.69) is 17.1 Å². The second-order valence-corrected chi connectivity index (χ2v) is 3.61. The van der Waals surface area contributed by atoms with E-state index in [0.717, 1.165) is 24.4 Å². The summed E-state index contributed by atoms with van der Waals surface area (Å²) < 4.78 is 1.92. The average Bonchev–Trinajstić information content (AvgIpc) is 2.74. The van der Waals surface area contributed by atoms with E-state index < -0.39 is 0 Å². The third-order valence-electron chi connectivity index (χ3n) is 2.43. The number of benzene rings is 1. The highest BCUT2D eigenvalue weighted by molar-refractivity contribution is 5.33. The van der Waals surface area contributed by atoms with Crippen LogP contribution in [-0.4, -0.2) is 19.9 Å². The molecule has 4 nitrogen and oxygen atoms in total. The highest BCUT2D eigenvalue weighted by atomic mass is 16.3. The number of aliphatic hydroxyl groups excluding tert-OH is 1. The van der Waals surface area contributed by atoms with Gasteiger partial charge >= 0.3 is 0 Å². The van der Waals surface area contributed by atoms with Crippen molar-refractivity contribution in [2.45, 2.75) is 26.4 Å². The molecule has 0 aliphatic carbocycles. The molecule has 0 bridgehead atoms. The maximum Gasteiger partial charge on any atom is 0.163 e. The molecule has 1 aromatic heterocycles. The largest absolute Gasteiger partial charge is 0.388 e. The van der Waals surface area contributed by atoms with E-state index in [1.54, 1.807) is 0 Å². The zero-order chi connectivity index (χ0) is 11.4. The minimum Gasteiger partial charge on any atom is -0.388 e. The third kappa shape index (κ3) is 1.97. The first-order chi connectivity index (χ1) is 7.86. The first-order valence-electron chi connectivity index (χ1n) is 5.46. The van der Waals surface area contributed by atoms with Crippen LogP contribution in [0.1, 0.15) is 25.0 Å². The van der Waals surface area contributed by atoms with Crippen molar-refractivity contribution >= 4 is 0 Å². The summed E-state index contributed by atoms with van der Waals surface area (Å²) in [6.07, 6.45) is 1.87. The summed E-state index contributed by atoms with van der Waals surface area (Å²) in [5.74, 6) is 1.49. The normalized spacial score (nSPS) is 10.6. The number of hydrogen-bond donors (Lipinski definition) is 1. The summed E-state index contributed by atoms with van der Waals surface area (Å²) in [5.41, 5.74) is 1.00. The zero-order valence-corrected chi connectivity index (χ0v) is 9.30. The Hall–Kier alpha value is -1.68. The van der Waals surface area contributed by atoms with Crippen LogP contribution in [0.3, 0.4) is 0 Å². The van der Waals surface area contributed by atoms with Crippen molar-refractivity contribution in [3.05, 3.63) is 42.0 Å². The number of para-hydroxylation sites is 1. The van der Waals surface area contributed by atoms with Crippen LogP contribution in [0.25, 0.3) is 5.69 Å². The van der Waals surface area contributed by atoms with Gasteiger partial charge in [-0.2, -0.15) is 0 Å². The van der Waals surface area contributed by atoms with Crippen LogP contribution in [0, 0.1) is 0 Å². The molecule has 4 heteroatoms. The van der Waals surface area contributed by atoms with Gasteiger partial charge in [0.2, 0.25) is 0 Å². The summed E-state index contributed by atoms with van der Waals surface area (Å²) in [7, 11) is 0. The monoisotopic (exact) mass is 217 g/mol. The van der Waals surface area contributed by atoms with Crippen LogP contribution in [0.2, 0.25) is 0 Å². The van der Waals surface area contributed by atoms with E-state index in [0.29, 0.717) is 5.82 Å². The van der Waals surface area contributed by atoms with Crippen molar-refractivity contribution in [2.24, 2.45) is 0 Å². The minimum atomic E-state index is -0.0917. The lowest BCUT2D eigenvalue weighted by Crippen LogP contribution is -2.05. The van der Waals surface area contributed by atoms with E-state index >= 15 is 0 Å². The molecule has 16 heavy (non-hydrogen) atoms. The number of aromatic nitrogens is 3. The maximum atomic E-state index is 9.24. The Morgan fingerprint density at radius 1 is 1.12 bits per heavy atom. The van der Waals surface area contributed by atoms with Crippen molar-refractivity contribution in [2.75, 3.05) is 0 Å². The molecule has 1 heterocycles. The van der Waals surface area contributed by atoms with Crippen LogP contribution in [-0.2, 0) is 13.0 Å². The van der Waals surface area contributed by atoms with Gasteiger partial charge in [-0.15, -0.1) is 10.2 Å². The van der Waals surface area contributed by atoms with Gasteiger partial charge in [-0.3, -0.25) is 4.57 Å². The summed E-state index contributed by atoms with van der Waals surface area (Å²) >= 11 is 0. The molecule has 2 rings (SSSR count). The molecule has 1 N–H and O–H groups in total. The lowest BCUT2D eigenvalue weighted by atomic mass is 10.2. The molecule has 0 saturated carbocycles. The summed E-state index contributed by atoms with van der Waals surface area (Å²) in [5, 5.41) is 17.3. The number of aliphatic hydroxyl groups is 1. The Labute approximate surface area is 94.6 Å². The van der Waals surface area contributed by atoms with Crippen molar-refractivity contribution in [3.63, 3.8) is 0 Å². The summed E-state index contributed by atoms with van der Waals surface area (Å²) in [6, 6.07) is 9.87. The van der Waals surface area contributed by atoms with Gasteiger partial charge in [-0.05, 0) is 18.6 Å². The predicted octanol–water partition coefficient (Wildman–Crippen LogP) is 1.71. The van der Waals surface area contributed by atoms with Crippen molar-refractivity contribution in [1.29, 1.82) is 0 Å². The molecule has 2 aromatic rings. The van der Waals surface area contributed by atoms with Crippen LogP contribution in [0.4, 0.5) is 0 Å². The third-order valence-corrected chi connectivity index (χ3v) is 2.43. The maximum absolute atomic E-state index is 9.24. The lowest BCUT2D eigenvalue weighted by molar-refractivity contribution is 0.268. The van der Waals surface area contributed by atoms with Crippen LogP contribution in [0.5, 0.6) is 0 Å². The first-order valence-corrected chi connectivity index (χ1v) is 5.46. The lowest BCUT2D eigenvalue weighted by Gasteiger charge is -2.08.